The van der Waals surface area contributed by atoms with Gasteiger partial charge in [0.2, 0.25) is 0 Å². The molecule has 2 rings (SSSR count). The van der Waals surface area contributed by atoms with Gasteiger partial charge in [0.1, 0.15) is 12.4 Å². The predicted octanol–water partition coefficient (Wildman–Crippen LogP) is 2.10. The van der Waals surface area contributed by atoms with Gasteiger partial charge in [0.05, 0.1) is 0 Å². The summed E-state index contributed by atoms with van der Waals surface area (Å²) in [7, 11) is 0. The average Bonchev–Trinajstić information content (AvgIpc) is 2.92. The van der Waals surface area contributed by atoms with Crippen molar-refractivity contribution >= 4 is 5.97 Å². The molecule has 0 saturated heterocycles. The number of rotatable bonds is 7. The van der Waals surface area contributed by atoms with Gasteiger partial charge in [-0.1, -0.05) is 32.9 Å². The van der Waals surface area contributed by atoms with Crippen molar-refractivity contribution in [2.24, 2.45) is 5.92 Å². The first-order valence-electron chi connectivity index (χ1n) is 7.24. The van der Waals surface area contributed by atoms with Crippen LogP contribution in [0.5, 0.6) is 5.75 Å². The van der Waals surface area contributed by atoms with Gasteiger partial charge >= 0.3 is 5.97 Å². The van der Waals surface area contributed by atoms with Crippen LogP contribution in [0, 0.1) is 5.92 Å². The standard InChI is InChI=1S/C15H20N4O3/c1-4-11-6-5-7-12(8-11)22-9-13-16-17-18-19(13)14(10(2)3)15(20)21/h5-8,10,14H,4,9H2,1-3H3,(H,20,21). The molecule has 0 spiro atoms. The van der Waals surface area contributed by atoms with Gasteiger partial charge in [-0.15, -0.1) is 5.10 Å². The second-order valence-corrected chi connectivity index (χ2v) is 5.36. The molecule has 2 aromatic rings. The van der Waals surface area contributed by atoms with Crippen molar-refractivity contribution in [2.45, 2.75) is 39.8 Å². The molecule has 1 heterocycles. The Hall–Kier alpha value is -2.44. The molecule has 0 fully saturated rings. The van der Waals surface area contributed by atoms with Crippen LogP contribution in [0.3, 0.4) is 0 Å². The minimum Gasteiger partial charge on any atom is -0.486 e. The van der Waals surface area contributed by atoms with Gasteiger partial charge in [0, 0.05) is 0 Å². The minimum absolute atomic E-state index is 0.122. The Morgan fingerprint density at radius 3 is 2.82 bits per heavy atom. The van der Waals surface area contributed by atoms with Crippen LogP contribution < -0.4 is 4.74 Å². The van der Waals surface area contributed by atoms with E-state index in [0.717, 1.165) is 6.42 Å². The quantitative estimate of drug-likeness (QED) is 0.842. The van der Waals surface area contributed by atoms with Crippen LogP contribution in [0.15, 0.2) is 24.3 Å². The van der Waals surface area contributed by atoms with Crippen LogP contribution in [0.4, 0.5) is 0 Å². The zero-order chi connectivity index (χ0) is 16.1. The van der Waals surface area contributed by atoms with Crippen LogP contribution in [0.2, 0.25) is 0 Å². The summed E-state index contributed by atoms with van der Waals surface area (Å²) in [6.45, 7) is 5.82. The zero-order valence-electron chi connectivity index (χ0n) is 12.9. The Morgan fingerprint density at radius 2 is 2.18 bits per heavy atom. The monoisotopic (exact) mass is 304 g/mol. The normalized spacial score (nSPS) is 12.4. The largest absolute Gasteiger partial charge is 0.486 e. The molecule has 0 saturated carbocycles. The van der Waals surface area contributed by atoms with Crippen LogP contribution in [0.1, 0.15) is 38.2 Å². The molecule has 1 aromatic carbocycles. The second kappa shape index (κ2) is 7.02. The molecule has 0 radical (unpaired) electrons. The topological polar surface area (TPSA) is 90.1 Å². The van der Waals surface area contributed by atoms with Crippen LogP contribution in [-0.4, -0.2) is 31.3 Å². The van der Waals surface area contributed by atoms with Crippen LogP contribution in [-0.2, 0) is 17.8 Å². The summed E-state index contributed by atoms with van der Waals surface area (Å²) in [4.78, 5) is 11.4. The highest BCUT2D eigenvalue weighted by Crippen LogP contribution is 2.19. The summed E-state index contributed by atoms with van der Waals surface area (Å²) < 4.78 is 7.00. The fraction of sp³-hybridized carbons (Fsp3) is 0.467. The maximum Gasteiger partial charge on any atom is 0.328 e. The molecule has 1 atom stereocenters. The fourth-order valence-electron chi connectivity index (χ4n) is 2.20. The molecular formula is C15H20N4O3. The maximum absolute atomic E-state index is 11.4. The number of nitrogens with zero attached hydrogens (tertiary/aromatic N) is 4. The maximum atomic E-state index is 11.4. The van der Waals surface area contributed by atoms with Crippen LogP contribution in [0.25, 0.3) is 0 Å². The van der Waals surface area contributed by atoms with E-state index < -0.39 is 12.0 Å². The number of carbonyl (C=O) groups is 1. The highest BCUT2D eigenvalue weighted by Gasteiger charge is 2.27. The molecule has 1 aromatic heterocycles. The number of benzene rings is 1. The summed E-state index contributed by atoms with van der Waals surface area (Å²) in [5.74, 6) is 0.00743. The van der Waals surface area contributed by atoms with Gasteiger partial charge in [-0.25, -0.2) is 9.48 Å². The summed E-state index contributed by atoms with van der Waals surface area (Å²) in [6, 6.07) is 6.94. The molecule has 0 bridgehead atoms. The molecule has 0 amide bonds. The molecule has 7 heteroatoms. The first kappa shape index (κ1) is 15.9. The number of hydrogen-bond acceptors (Lipinski definition) is 5. The lowest BCUT2D eigenvalue weighted by atomic mass is 10.1. The van der Waals surface area contributed by atoms with Gasteiger partial charge in [0.15, 0.2) is 11.9 Å². The van der Waals surface area contributed by atoms with E-state index in [0.29, 0.717) is 11.6 Å². The number of tetrazole rings is 1. The van der Waals surface area contributed by atoms with Crippen molar-refractivity contribution in [1.29, 1.82) is 0 Å². The van der Waals surface area contributed by atoms with Gasteiger partial charge < -0.3 is 9.84 Å². The third kappa shape index (κ3) is 3.60. The zero-order valence-corrected chi connectivity index (χ0v) is 12.9. The van der Waals surface area contributed by atoms with E-state index in [9.17, 15) is 9.90 Å². The Kier molecular flexibility index (Phi) is 5.08. The third-order valence-electron chi connectivity index (χ3n) is 3.38. The number of aryl methyl sites for hydroxylation is 1. The van der Waals surface area contributed by atoms with E-state index >= 15 is 0 Å². The molecule has 0 aliphatic carbocycles. The van der Waals surface area contributed by atoms with Crippen molar-refractivity contribution in [3.63, 3.8) is 0 Å². The first-order valence-corrected chi connectivity index (χ1v) is 7.24. The van der Waals surface area contributed by atoms with Crippen molar-refractivity contribution in [1.82, 2.24) is 20.2 Å². The smallest absolute Gasteiger partial charge is 0.328 e. The van der Waals surface area contributed by atoms with E-state index in [1.165, 1.54) is 10.2 Å². The van der Waals surface area contributed by atoms with E-state index in [4.69, 9.17) is 4.74 Å². The first-order chi connectivity index (χ1) is 10.5. The van der Waals surface area contributed by atoms with E-state index in [1.54, 1.807) is 0 Å². The summed E-state index contributed by atoms with van der Waals surface area (Å²) in [5.41, 5.74) is 1.17. The van der Waals surface area contributed by atoms with Gasteiger partial charge in [0.25, 0.3) is 0 Å². The van der Waals surface area contributed by atoms with E-state index in [-0.39, 0.29) is 12.5 Å². The second-order valence-electron chi connectivity index (χ2n) is 5.36. The fourth-order valence-corrected chi connectivity index (χ4v) is 2.20. The number of aliphatic carboxylic acids is 1. The minimum atomic E-state index is -0.962. The predicted molar refractivity (Wildman–Crippen MR) is 79.5 cm³/mol. The third-order valence-corrected chi connectivity index (χ3v) is 3.38. The molecule has 1 N–H and O–H groups in total. The van der Waals surface area contributed by atoms with Crippen molar-refractivity contribution in [3.8, 4) is 5.75 Å². The molecule has 7 nitrogen and oxygen atoms in total. The van der Waals surface area contributed by atoms with E-state index in [2.05, 4.69) is 22.4 Å². The number of ether oxygens (including phenoxy) is 1. The van der Waals surface area contributed by atoms with Gasteiger partial charge in [-0.05, 0) is 40.5 Å². The molecule has 22 heavy (non-hydrogen) atoms. The lowest BCUT2D eigenvalue weighted by Crippen LogP contribution is -2.27. The van der Waals surface area contributed by atoms with E-state index in [1.807, 2.05) is 38.1 Å². The lowest BCUT2D eigenvalue weighted by molar-refractivity contribution is -0.142. The SMILES string of the molecule is CCc1cccc(OCc2nnnn2C(C(=O)O)C(C)C)c1. The number of hydrogen-bond donors (Lipinski definition) is 1. The highest BCUT2D eigenvalue weighted by molar-refractivity contribution is 5.72. The summed E-state index contributed by atoms with van der Waals surface area (Å²) in [5, 5.41) is 20.6. The van der Waals surface area contributed by atoms with Gasteiger partial charge in [-0.2, -0.15) is 0 Å². The molecule has 118 valence electrons. The van der Waals surface area contributed by atoms with Crippen molar-refractivity contribution in [3.05, 3.63) is 35.7 Å². The van der Waals surface area contributed by atoms with Crippen molar-refractivity contribution in [2.75, 3.05) is 0 Å². The number of carboxylic acids is 1. The summed E-state index contributed by atoms with van der Waals surface area (Å²) in [6.07, 6.45) is 0.920. The summed E-state index contributed by atoms with van der Waals surface area (Å²) >= 11 is 0. The molecule has 1 unspecified atom stereocenters. The Bertz CT molecular complexity index is 639. The van der Waals surface area contributed by atoms with Gasteiger partial charge in [-0.3, -0.25) is 0 Å². The Balaban J connectivity index is 2.14. The molecule has 0 aliphatic rings. The highest BCUT2D eigenvalue weighted by atomic mass is 16.5. The molecule has 0 aliphatic heterocycles. The lowest BCUT2D eigenvalue weighted by Gasteiger charge is -2.17. The number of carboxylic acid groups (broad SMARTS) is 1. The van der Waals surface area contributed by atoms with Crippen molar-refractivity contribution < 1.29 is 14.6 Å². The average molecular weight is 304 g/mol. The van der Waals surface area contributed by atoms with Crippen LogP contribution >= 0.6 is 0 Å². The Morgan fingerprint density at radius 1 is 1.41 bits per heavy atom. The number of aromatic nitrogens is 4. The molecular weight excluding hydrogens is 284 g/mol. The Labute approximate surface area is 128 Å².